The molecule has 2 aliphatic carbocycles. The fourth-order valence-electron chi connectivity index (χ4n) is 3.87. The molecule has 0 saturated heterocycles. The summed E-state index contributed by atoms with van der Waals surface area (Å²) >= 11 is 0. The summed E-state index contributed by atoms with van der Waals surface area (Å²) in [6.45, 7) is 3.84. The zero-order valence-corrected chi connectivity index (χ0v) is 17.7. The molecule has 1 aromatic rings. The second-order valence-corrected chi connectivity index (χ2v) is 8.13. The summed E-state index contributed by atoms with van der Waals surface area (Å²) in [5, 5.41) is 16.9. The number of ether oxygens (including phenoxy) is 1. The highest BCUT2D eigenvalue weighted by Gasteiger charge is 2.37. The van der Waals surface area contributed by atoms with Gasteiger partial charge in [-0.3, -0.25) is 9.59 Å². The molecule has 2 heterocycles. The van der Waals surface area contributed by atoms with Gasteiger partial charge in [-0.2, -0.15) is 0 Å². The van der Waals surface area contributed by atoms with Gasteiger partial charge in [-0.25, -0.2) is 4.98 Å². The van der Waals surface area contributed by atoms with Crippen molar-refractivity contribution in [3.05, 3.63) is 57.6 Å². The summed E-state index contributed by atoms with van der Waals surface area (Å²) < 4.78 is 5.92. The van der Waals surface area contributed by atoms with Gasteiger partial charge >= 0.3 is 0 Å². The topological polar surface area (TPSA) is 104 Å². The van der Waals surface area contributed by atoms with Crippen molar-refractivity contribution < 1.29 is 19.4 Å². The second kappa shape index (κ2) is 8.48. The molecule has 2 N–H and O–H groups in total. The minimum absolute atomic E-state index is 0.0371. The number of aliphatic hydroxyl groups is 1. The van der Waals surface area contributed by atoms with E-state index in [1.165, 1.54) is 12.5 Å². The smallest absolute Gasteiger partial charge is 0.255 e. The molecule has 31 heavy (non-hydrogen) atoms. The number of nitrogens with one attached hydrogen (secondary N) is 1. The van der Waals surface area contributed by atoms with E-state index in [4.69, 9.17) is 15.3 Å². The lowest BCUT2D eigenvalue weighted by Gasteiger charge is -2.28. The minimum Gasteiger partial charge on any atom is -0.474 e. The number of amides is 1. The Morgan fingerprint density at radius 1 is 1.45 bits per heavy atom. The Balaban J connectivity index is 1.52. The van der Waals surface area contributed by atoms with Gasteiger partial charge in [-0.05, 0) is 44.7 Å². The average Bonchev–Trinajstić information content (AvgIpc) is 3.07. The van der Waals surface area contributed by atoms with E-state index >= 15 is 0 Å². The number of nitrogens with zero attached hydrogens (tertiary/aromatic N) is 2. The summed E-state index contributed by atoms with van der Waals surface area (Å²) in [5.41, 5.74) is 8.24. The lowest BCUT2D eigenvalue weighted by molar-refractivity contribution is -0.127. The normalized spacial score (nSPS) is 18.6. The van der Waals surface area contributed by atoms with Crippen LogP contribution in [0.25, 0.3) is 0 Å². The van der Waals surface area contributed by atoms with E-state index in [1.54, 1.807) is 11.1 Å². The molecule has 1 atom stereocenters. The minimum atomic E-state index is -0.528. The number of hydrogen-bond donors (Lipinski definition) is 2. The average molecular weight is 419 g/mol. The van der Waals surface area contributed by atoms with Gasteiger partial charge in [0, 0.05) is 43.0 Å². The van der Waals surface area contributed by atoms with Crippen LogP contribution in [0.3, 0.4) is 0 Å². The van der Waals surface area contributed by atoms with Crippen molar-refractivity contribution in [3.8, 4) is 5.88 Å². The third kappa shape index (κ3) is 3.91. The maximum Gasteiger partial charge on any atom is 0.255 e. The molecule has 1 amide bonds. The van der Waals surface area contributed by atoms with Gasteiger partial charge in [0.05, 0.1) is 22.9 Å². The number of Topliss-reactive ketones (excluding diaryl/α,β-unsaturated/α-hetero) is 1. The van der Waals surface area contributed by atoms with Crippen LogP contribution in [0.2, 0.25) is 0 Å². The van der Waals surface area contributed by atoms with Gasteiger partial charge in [0.2, 0.25) is 11.7 Å². The van der Waals surface area contributed by atoms with E-state index in [2.05, 4.69) is 16.4 Å². The highest BCUT2D eigenvalue weighted by atomic mass is 16.5. The van der Waals surface area contributed by atoms with Crippen LogP contribution in [0.1, 0.15) is 49.8 Å². The highest BCUT2D eigenvalue weighted by Crippen LogP contribution is 2.35. The zero-order valence-electron chi connectivity index (χ0n) is 17.7. The number of rotatable bonds is 8. The molecule has 1 saturated carbocycles. The van der Waals surface area contributed by atoms with Crippen LogP contribution in [0.4, 0.5) is 0 Å². The van der Waals surface area contributed by atoms with Crippen LogP contribution >= 0.6 is 0 Å². The van der Waals surface area contributed by atoms with Crippen molar-refractivity contribution in [1.29, 1.82) is 5.41 Å². The SMILES string of the molecule is Cc1cc(C(C)N2CC3=C(C=C=C=C3C(=O)C(=N)CCO)C2=O)cnc1OC1CCC1. The number of carbonyl (C=O) groups excluding carboxylic acids is 2. The van der Waals surface area contributed by atoms with Gasteiger partial charge in [-0.15, -0.1) is 0 Å². The standard InChI is InChI=1S/C24H25N3O4/c1-14-11-16(12-26-23(14)31-17-5-3-6-17)15(2)27-13-20-18(22(29)21(25)9-10-28)7-4-8-19(20)24(27)30/h8,11-12,15,17,25,28H,3,5-6,9-10,13H2,1-2H3. The number of pyridine rings is 1. The highest BCUT2D eigenvalue weighted by molar-refractivity contribution is 6.46. The molecule has 0 bridgehead atoms. The van der Waals surface area contributed by atoms with E-state index in [1.807, 2.05) is 19.9 Å². The predicted octanol–water partition coefficient (Wildman–Crippen LogP) is 2.74. The van der Waals surface area contributed by atoms with Gasteiger partial charge in [0.1, 0.15) is 6.10 Å². The second-order valence-electron chi connectivity index (χ2n) is 8.13. The Hall–Kier alpha value is -3.24. The van der Waals surface area contributed by atoms with E-state index < -0.39 is 5.78 Å². The molecular formula is C24H25N3O4. The van der Waals surface area contributed by atoms with Crippen molar-refractivity contribution in [2.45, 2.75) is 51.7 Å². The molecule has 0 aromatic carbocycles. The molecule has 4 rings (SSSR count). The van der Waals surface area contributed by atoms with Gasteiger partial charge in [-0.1, -0.05) is 11.5 Å². The summed E-state index contributed by atoms with van der Waals surface area (Å²) in [6, 6.07) is 1.73. The molecule has 7 nitrogen and oxygen atoms in total. The predicted molar refractivity (Wildman–Crippen MR) is 114 cm³/mol. The Morgan fingerprint density at radius 2 is 2.23 bits per heavy atom. The van der Waals surface area contributed by atoms with Gasteiger partial charge in [0.25, 0.3) is 5.91 Å². The summed E-state index contributed by atoms with van der Waals surface area (Å²) in [5.74, 6) is -0.0847. The number of aryl methyl sites for hydroxylation is 1. The largest absolute Gasteiger partial charge is 0.474 e. The fraction of sp³-hybridized carbons (Fsp3) is 0.417. The summed E-state index contributed by atoms with van der Waals surface area (Å²) in [6.07, 6.45) is 6.80. The monoisotopic (exact) mass is 419 g/mol. The Labute approximate surface area is 180 Å². The first-order valence-electron chi connectivity index (χ1n) is 10.5. The van der Waals surface area contributed by atoms with Gasteiger partial charge < -0.3 is 20.2 Å². The fourth-order valence-corrected chi connectivity index (χ4v) is 3.87. The third-order valence-electron chi connectivity index (χ3n) is 6.06. The third-order valence-corrected chi connectivity index (χ3v) is 6.06. The van der Waals surface area contributed by atoms with Crippen molar-refractivity contribution in [2.24, 2.45) is 0 Å². The molecule has 0 radical (unpaired) electrons. The maximum atomic E-state index is 13.1. The van der Waals surface area contributed by atoms with Gasteiger partial charge in [0.15, 0.2) is 0 Å². The van der Waals surface area contributed by atoms with E-state index in [0.29, 0.717) is 17.0 Å². The molecule has 1 unspecified atom stereocenters. The van der Waals surface area contributed by atoms with Crippen molar-refractivity contribution >= 4 is 17.4 Å². The molecule has 1 aromatic heterocycles. The number of aromatic nitrogens is 1. The number of carbonyl (C=O) groups is 2. The molecule has 160 valence electrons. The van der Waals surface area contributed by atoms with Crippen LogP contribution in [-0.2, 0) is 9.59 Å². The van der Waals surface area contributed by atoms with E-state index in [0.717, 1.165) is 24.0 Å². The number of hydrogen-bond acceptors (Lipinski definition) is 6. The van der Waals surface area contributed by atoms with E-state index in [9.17, 15) is 9.59 Å². The van der Waals surface area contributed by atoms with Crippen LogP contribution in [0.5, 0.6) is 5.88 Å². The first-order chi connectivity index (χ1) is 14.9. The van der Waals surface area contributed by atoms with Crippen molar-refractivity contribution in [1.82, 2.24) is 9.88 Å². The molecule has 1 aliphatic heterocycles. The lowest BCUT2D eigenvalue weighted by Crippen LogP contribution is -2.30. The summed E-state index contributed by atoms with van der Waals surface area (Å²) in [4.78, 5) is 31.8. The summed E-state index contributed by atoms with van der Waals surface area (Å²) in [7, 11) is 0. The van der Waals surface area contributed by atoms with Crippen LogP contribution in [-0.4, -0.2) is 51.6 Å². The maximum absolute atomic E-state index is 13.1. The first kappa shape index (κ1) is 21.0. The molecule has 7 heteroatoms. The van der Waals surface area contributed by atoms with E-state index in [-0.39, 0.29) is 48.9 Å². The van der Waals surface area contributed by atoms with Crippen LogP contribution < -0.4 is 4.74 Å². The lowest BCUT2D eigenvalue weighted by atomic mass is 9.94. The van der Waals surface area contributed by atoms with Crippen molar-refractivity contribution in [3.63, 3.8) is 0 Å². The molecule has 0 spiro atoms. The Kier molecular flexibility index (Phi) is 5.75. The van der Waals surface area contributed by atoms with Crippen molar-refractivity contribution in [2.75, 3.05) is 13.2 Å². The molecular weight excluding hydrogens is 394 g/mol. The van der Waals surface area contributed by atoms with Crippen LogP contribution in [0.15, 0.2) is 46.5 Å². The Bertz CT molecular complexity index is 1100. The van der Waals surface area contributed by atoms with Crippen LogP contribution in [0, 0.1) is 12.3 Å². The zero-order chi connectivity index (χ0) is 22.1. The number of aliphatic hydroxyl groups excluding tert-OH is 1. The Morgan fingerprint density at radius 3 is 2.87 bits per heavy atom. The first-order valence-corrected chi connectivity index (χ1v) is 10.5. The molecule has 3 aliphatic rings. The molecule has 1 fully saturated rings. The number of ketones is 1. The quantitative estimate of drug-likeness (QED) is 0.498.